The number of amides is 1. The van der Waals surface area contributed by atoms with E-state index in [0.29, 0.717) is 12.8 Å². The highest BCUT2D eigenvalue weighted by molar-refractivity contribution is 5.76. The maximum Gasteiger partial charge on any atom is 0.220 e. The number of hydrogen-bond donors (Lipinski definition) is 9. The lowest BCUT2D eigenvalue weighted by molar-refractivity contribution is -0.359. The summed E-state index contributed by atoms with van der Waals surface area (Å²) in [5.41, 5.74) is 0. The van der Waals surface area contributed by atoms with E-state index in [1.165, 1.54) is 250 Å². The van der Waals surface area contributed by atoms with E-state index >= 15 is 0 Å². The zero-order valence-electron chi connectivity index (χ0n) is 54.4. The van der Waals surface area contributed by atoms with Crippen LogP contribution in [0.4, 0.5) is 0 Å². The van der Waals surface area contributed by atoms with Gasteiger partial charge in [0.15, 0.2) is 12.6 Å². The van der Waals surface area contributed by atoms with Crippen molar-refractivity contribution in [3.63, 3.8) is 0 Å². The Kier molecular flexibility index (Phi) is 52.4. The molecule has 2 aliphatic rings. The Labute approximate surface area is 519 Å². The molecule has 0 bridgehead atoms. The molecule has 0 aromatic rings. The molecule has 0 aromatic carbocycles. The molecule has 14 heteroatoms. The second kappa shape index (κ2) is 56.2. The van der Waals surface area contributed by atoms with Crippen LogP contribution in [-0.2, 0) is 23.7 Å². The van der Waals surface area contributed by atoms with Crippen molar-refractivity contribution in [1.29, 1.82) is 0 Å². The molecule has 0 radical (unpaired) electrons. The van der Waals surface area contributed by atoms with Gasteiger partial charge in [0.05, 0.1) is 32.0 Å². The highest BCUT2D eigenvalue weighted by atomic mass is 16.7. The lowest BCUT2D eigenvalue weighted by atomic mass is 9.97. The molecular weight excluding hydrogens is 1070 g/mol. The van der Waals surface area contributed by atoms with E-state index < -0.39 is 86.8 Å². The van der Waals surface area contributed by atoms with Crippen LogP contribution in [0.25, 0.3) is 0 Å². The molecule has 14 nitrogen and oxygen atoms in total. The van der Waals surface area contributed by atoms with Crippen LogP contribution in [0, 0.1) is 0 Å². The van der Waals surface area contributed by atoms with Crippen molar-refractivity contribution in [3.8, 4) is 0 Å². The third-order valence-electron chi connectivity index (χ3n) is 17.5. The Morgan fingerprint density at radius 1 is 0.412 bits per heavy atom. The minimum Gasteiger partial charge on any atom is -0.394 e. The maximum atomic E-state index is 13.3. The van der Waals surface area contributed by atoms with Gasteiger partial charge in [-0.05, 0) is 57.8 Å². The van der Waals surface area contributed by atoms with Gasteiger partial charge in [-0.25, -0.2) is 0 Å². The molecule has 12 unspecified atom stereocenters. The number of nitrogens with one attached hydrogen (secondary N) is 1. The predicted octanol–water partition coefficient (Wildman–Crippen LogP) is 14.5. The van der Waals surface area contributed by atoms with Crippen LogP contribution in [0.15, 0.2) is 36.5 Å². The van der Waals surface area contributed by atoms with Crippen LogP contribution in [0.5, 0.6) is 0 Å². The molecule has 85 heavy (non-hydrogen) atoms. The van der Waals surface area contributed by atoms with Crippen molar-refractivity contribution in [2.45, 2.75) is 389 Å². The third kappa shape index (κ3) is 40.5. The molecule has 1 amide bonds. The van der Waals surface area contributed by atoms with Gasteiger partial charge in [0.25, 0.3) is 0 Å². The van der Waals surface area contributed by atoms with E-state index in [-0.39, 0.29) is 18.9 Å². The fraction of sp³-hybridized carbons (Fsp3) is 0.901. The van der Waals surface area contributed by atoms with E-state index in [4.69, 9.17) is 18.9 Å². The Bertz CT molecular complexity index is 1560. The smallest absolute Gasteiger partial charge is 0.220 e. The second-order valence-electron chi connectivity index (χ2n) is 25.4. The lowest BCUT2D eigenvalue weighted by Crippen LogP contribution is -2.65. The minimum atomic E-state index is -1.79. The summed E-state index contributed by atoms with van der Waals surface area (Å²) in [5, 5.41) is 87.4. The fourth-order valence-corrected chi connectivity index (χ4v) is 11.8. The number of aliphatic hydroxyl groups is 8. The van der Waals surface area contributed by atoms with Gasteiger partial charge in [0, 0.05) is 6.42 Å². The summed E-state index contributed by atoms with van der Waals surface area (Å²) >= 11 is 0. The van der Waals surface area contributed by atoms with Gasteiger partial charge in [-0.15, -0.1) is 0 Å². The van der Waals surface area contributed by atoms with E-state index in [2.05, 4.69) is 43.5 Å². The average molecular weight is 1210 g/mol. The number of carbonyl (C=O) groups excluding carboxylic acids is 1. The SMILES string of the molecule is CCCCCCCCCC/C=C\CCCCCCCCCCCC(=O)NC(COC1OC(CO)C(OC2OC(CO)C(O)C(O)C2O)C(O)C1O)C(O)/C=C/CC/C=C/CCCCCCCCCCCCCCCCCCCCCCCCCC. The van der Waals surface area contributed by atoms with Gasteiger partial charge in [0.1, 0.15) is 48.8 Å². The molecule has 0 aliphatic carbocycles. The van der Waals surface area contributed by atoms with Gasteiger partial charge < -0.3 is 65.1 Å². The number of aliphatic hydroxyl groups excluding tert-OH is 8. The molecule has 0 spiro atoms. The first-order valence-corrected chi connectivity index (χ1v) is 35.7. The number of hydrogen-bond acceptors (Lipinski definition) is 13. The molecule has 0 aromatic heterocycles. The summed E-state index contributed by atoms with van der Waals surface area (Å²) in [5.74, 6) is -0.247. The Balaban J connectivity index is 1.69. The molecule has 2 fully saturated rings. The van der Waals surface area contributed by atoms with Crippen LogP contribution in [-0.4, -0.2) is 140 Å². The molecular formula is C71H133NO13. The van der Waals surface area contributed by atoms with Crippen LogP contribution < -0.4 is 5.32 Å². The van der Waals surface area contributed by atoms with Crippen LogP contribution in [0.3, 0.4) is 0 Å². The van der Waals surface area contributed by atoms with Gasteiger partial charge >= 0.3 is 0 Å². The minimum absolute atomic E-state index is 0.247. The van der Waals surface area contributed by atoms with Crippen LogP contribution in [0.2, 0.25) is 0 Å². The maximum absolute atomic E-state index is 13.3. The van der Waals surface area contributed by atoms with Gasteiger partial charge in [-0.1, -0.05) is 288 Å². The van der Waals surface area contributed by atoms with E-state index in [9.17, 15) is 45.6 Å². The van der Waals surface area contributed by atoms with Crippen molar-refractivity contribution in [3.05, 3.63) is 36.5 Å². The van der Waals surface area contributed by atoms with Crippen LogP contribution >= 0.6 is 0 Å². The largest absolute Gasteiger partial charge is 0.394 e. The van der Waals surface area contributed by atoms with Crippen molar-refractivity contribution < 1.29 is 64.6 Å². The highest BCUT2D eigenvalue weighted by Gasteiger charge is 2.51. The number of ether oxygens (including phenoxy) is 4. The van der Waals surface area contributed by atoms with Gasteiger partial charge in [0.2, 0.25) is 5.91 Å². The van der Waals surface area contributed by atoms with Crippen molar-refractivity contribution >= 4 is 5.91 Å². The number of allylic oxidation sites excluding steroid dienone is 5. The fourth-order valence-electron chi connectivity index (χ4n) is 11.8. The normalized spacial score (nSPS) is 23.7. The quantitative estimate of drug-likeness (QED) is 0.0204. The molecule has 9 N–H and O–H groups in total. The summed E-state index contributed by atoms with van der Waals surface area (Å²) in [4.78, 5) is 13.3. The molecule has 12 atom stereocenters. The highest BCUT2D eigenvalue weighted by Crippen LogP contribution is 2.30. The molecule has 2 saturated heterocycles. The summed E-state index contributed by atoms with van der Waals surface area (Å²) in [6, 6.07) is -0.933. The molecule has 2 rings (SSSR count). The summed E-state index contributed by atoms with van der Waals surface area (Å²) in [6.07, 6.45) is 55.0. The average Bonchev–Trinajstić information content (AvgIpc) is 3.69. The summed E-state index contributed by atoms with van der Waals surface area (Å²) < 4.78 is 22.8. The van der Waals surface area contributed by atoms with Crippen molar-refractivity contribution in [2.75, 3.05) is 19.8 Å². The molecule has 500 valence electrons. The monoisotopic (exact) mass is 1210 g/mol. The second-order valence-corrected chi connectivity index (χ2v) is 25.4. The van der Waals surface area contributed by atoms with Crippen LogP contribution in [0.1, 0.15) is 316 Å². The predicted molar refractivity (Wildman–Crippen MR) is 346 cm³/mol. The Morgan fingerprint density at radius 3 is 1.15 bits per heavy atom. The van der Waals surface area contributed by atoms with E-state index in [0.717, 1.165) is 32.1 Å². The molecule has 2 heterocycles. The Hall–Kier alpha value is -1.79. The Morgan fingerprint density at radius 2 is 0.753 bits per heavy atom. The molecule has 0 saturated carbocycles. The first-order chi connectivity index (χ1) is 41.6. The summed E-state index contributed by atoms with van der Waals surface area (Å²) in [7, 11) is 0. The topological polar surface area (TPSA) is 228 Å². The number of rotatable bonds is 59. The van der Waals surface area contributed by atoms with Crippen molar-refractivity contribution in [2.24, 2.45) is 0 Å². The summed E-state index contributed by atoms with van der Waals surface area (Å²) in [6.45, 7) is 2.82. The molecule has 2 aliphatic heterocycles. The zero-order valence-corrected chi connectivity index (χ0v) is 54.4. The number of carbonyl (C=O) groups is 1. The van der Waals surface area contributed by atoms with Gasteiger partial charge in [-0.3, -0.25) is 4.79 Å². The first kappa shape index (κ1) is 79.3. The standard InChI is InChI=1S/C71H133NO13/c1-3-5-7-9-11-13-15-17-19-21-23-25-26-27-28-29-30-31-32-33-35-36-38-40-42-44-46-48-50-52-54-60(75)59(58-82-70-68(81)66(79)69(62(57-74)84-70)85-71-67(80)65(78)64(77)61(56-73)83-71)72-63(76)55-53-51-49-47-45-43-41-39-37-34-24-22-20-18-16-14-12-10-8-6-4-2/h22,24,44,46,52,54,59-62,64-71,73-75,77-81H,3-21,23,25-43,45,47-51,53,55-58H2,1-2H3,(H,72,76)/b24-22-,46-44+,54-52+. The van der Waals surface area contributed by atoms with Gasteiger partial charge in [-0.2, -0.15) is 0 Å². The van der Waals surface area contributed by atoms with Crippen molar-refractivity contribution in [1.82, 2.24) is 5.32 Å². The lowest BCUT2D eigenvalue weighted by Gasteiger charge is -2.46. The van der Waals surface area contributed by atoms with E-state index in [1.807, 2.05) is 6.08 Å². The zero-order chi connectivity index (χ0) is 61.6. The van der Waals surface area contributed by atoms with E-state index in [1.54, 1.807) is 6.08 Å². The number of unbranched alkanes of at least 4 members (excludes halogenated alkanes) is 42. The third-order valence-corrected chi connectivity index (χ3v) is 17.5. The first-order valence-electron chi connectivity index (χ1n) is 35.7.